The third kappa shape index (κ3) is 3.10. The molecule has 0 fully saturated rings. The van der Waals surface area contributed by atoms with Crippen LogP contribution in [0.2, 0.25) is 5.02 Å². The first-order valence-corrected chi connectivity index (χ1v) is 8.31. The van der Waals surface area contributed by atoms with E-state index in [1.807, 2.05) is 4.90 Å². The molecule has 0 spiro atoms. The van der Waals surface area contributed by atoms with E-state index in [-0.39, 0.29) is 10.6 Å². The van der Waals surface area contributed by atoms with Gasteiger partial charge in [0.1, 0.15) is 5.82 Å². The zero-order chi connectivity index (χ0) is 17.4. The summed E-state index contributed by atoms with van der Waals surface area (Å²) in [7, 11) is 0. The Morgan fingerprint density at radius 1 is 1.32 bits per heavy atom. The maximum Gasteiger partial charge on any atom is 0.256 e. The van der Waals surface area contributed by atoms with Gasteiger partial charge in [-0.25, -0.2) is 9.37 Å². The van der Waals surface area contributed by atoms with Crippen molar-refractivity contribution in [3.05, 3.63) is 74.6 Å². The predicted octanol–water partition coefficient (Wildman–Crippen LogP) is 3.38. The van der Waals surface area contributed by atoms with E-state index in [0.717, 1.165) is 5.69 Å². The minimum absolute atomic E-state index is 0.109. The topological polar surface area (TPSA) is 62.1 Å². The lowest BCUT2D eigenvalue weighted by molar-refractivity contribution is 0.238. The van der Waals surface area contributed by atoms with Crippen LogP contribution in [0, 0.1) is 5.82 Å². The summed E-state index contributed by atoms with van der Waals surface area (Å²) < 4.78 is 19.4. The van der Waals surface area contributed by atoms with Crippen molar-refractivity contribution in [2.45, 2.75) is 19.5 Å². The highest BCUT2D eigenvalue weighted by Crippen LogP contribution is 2.23. The monoisotopic (exact) mass is 359 g/mol. The molecule has 128 valence electrons. The second kappa shape index (κ2) is 6.46. The number of halogens is 2. The molecule has 1 aliphatic heterocycles. The molecular formula is C18H15ClFN3O2. The SMILES string of the molecule is O=c1[nH]c(-c2ccco2)nc2c1CN(Cc1cccc(Cl)c1F)CC2. The van der Waals surface area contributed by atoms with E-state index in [9.17, 15) is 9.18 Å². The number of fused-ring (bicyclic) bond motifs is 1. The first-order valence-electron chi connectivity index (χ1n) is 7.93. The maximum absolute atomic E-state index is 14.1. The van der Waals surface area contributed by atoms with E-state index >= 15 is 0 Å². The quantitative estimate of drug-likeness (QED) is 0.778. The van der Waals surface area contributed by atoms with Crippen LogP contribution >= 0.6 is 11.6 Å². The number of aromatic nitrogens is 2. The Hall–Kier alpha value is -2.44. The first-order chi connectivity index (χ1) is 12.1. The van der Waals surface area contributed by atoms with Crippen LogP contribution in [0.15, 0.2) is 45.8 Å². The lowest BCUT2D eigenvalue weighted by Gasteiger charge is -2.27. The van der Waals surface area contributed by atoms with Crippen molar-refractivity contribution in [3.63, 3.8) is 0 Å². The van der Waals surface area contributed by atoms with Crippen molar-refractivity contribution in [2.75, 3.05) is 6.54 Å². The standard InChI is InChI=1S/C18H15ClFN3O2/c19-13-4-1-3-11(16(13)20)9-23-7-6-14-12(10-23)18(24)22-17(21-14)15-5-2-8-25-15/h1-5,8H,6-7,9-10H2,(H,21,22,24). The van der Waals surface area contributed by atoms with Crippen molar-refractivity contribution >= 4 is 11.6 Å². The van der Waals surface area contributed by atoms with Gasteiger partial charge >= 0.3 is 0 Å². The van der Waals surface area contributed by atoms with Crippen LogP contribution in [0.5, 0.6) is 0 Å². The highest BCUT2D eigenvalue weighted by molar-refractivity contribution is 6.30. The molecule has 3 heterocycles. The number of rotatable bonds is 3. The summed E-state index contributed by atoms with van der Waals surface area (Å²) in [5.74, 6) is 0.557. The highest BCUT2D eigenvalue weighted by atomic mass is 35.5. The van der Waals surface area contributed by atoms with Gasteiger partial charge in [0, 0.05) is 31.6 Å². The molecule has 0 amide bonds. The minimum Gasteiger partial charge on any atom is -0.461 e. The largest absolute Gasteiger partial charge is 0.461 e. The van der Waals surface area contributed by atoms with Gasteiger partial charge in [0.05, 0.1) is 22.5 Å². The molecule has 0 bridgehead atoms. The summed E-state index contributed by atoms with van der Waals surface area (Å²) in [5, 5.41) is 0.109. The van der Waals surface area contributed by atoms with Crippen LogP contribution in [0.25, 0.3) is 11.6 Å². The third-order valence-corrected chi connectivity index (χ3v) is 4.62. The maximum atomic E-state index is 14.1. The molecular weight excluding hydrogens is 345 g/mol. The Morgan fingerprint density at radius 2 is 2.20 bits per heavy atom. The van der Waals surface area contributed by atoms with Crippen LogP contribution < -0.4 is 5.56 Å². The molecule has 0 atom stereocenters. The van der Waals surface area contributed by atoms with Crippen molar-refractivity contribution < 1.29 is 8.81 Å². The van der Waals surface area contributed by atoms with Crippen molar-refractivity contribution in [1.29, 1.82) is 0 Å². The normalized spacial score (nSPS) is 14.5. The second-order valence-corrected chi connectivity index (χ2v) is 6.40. The molecule has 4 rings (SSSR count). The molecule has 25 heavy (non-hydrogen) atoms. The number of benzene rings is 1. The fraction of sp³-hybridized carbons (Fsp3) is 0.222. The lowest BCUT2D eigenvalue weighted by atomic mass is 10.1. The lowest BCUT2D eigenvalue weighted by Crippen LogP contribution is -2.35. The number of H-pyrrole nitrogens is 1. The Bertz CT molecular complexity index is 969. The summed E-state index contributed by atoms with van der Waals surface area (Å²) in [6, 6.07) is 8.45. The number of furan rings is 1. The van der Waals surface area contributed by atoms with Crippen LogP contribution in [0.1, 0.15) is 16.8 Å². The Labute approximate surface area is 148 Å². The molecule has 0 saturated heterocycles. The van der Waals surface area contributed by atoms with Gasteiger partial charge in [0.25, 0.3) is 5.56 Å². The second-order valence-electron chi connectivity index (χ2n) is 5.99. The van der Waals surface area contributed by atoms with E-state index in [2.05, 4.69) is 9.97 Å². The van der Waals surface area contributed by atoms with Crippen LogP contribution in [0.4, 0.5) is 4.39 Å². The molecule has 0 radical (unpaired) electrons. The summed E-state index contributed by atoms with van der Waals surface area (Å²) in [6.45, 7) is 1.50. The summed E-state index contributed by atoms with van der Waals surface area (Å²) >= 11 is 5.84. The van der Waals surface area contributed by atoms with E-state index in [1.165, 1.54) is 12.3 Å². The zero-order valence-corrected chi connectivity index (χ0v) is 14.0. The van der Waals surface area contributed by atoms with E-state index in [4.69, 9.17) is 16.0 Å². The molecule has 1 aromatic carbocycles. The summed E-state index contributed by atoms with van der Waals surface area (Å²) in [6.07, 6.45) is 2.16. The average Bonchev–Trinajstić information content (AvgIpc) is 3.14. The molecule has 0 aliphatic carbocycles. The Balaban J connectivity index is 1.59. The van der Waals surface area contributed by atoms with Crippen molar-refractivity contribution in [2.24, 2.45) is 0 Å². The fourth-order valence-electron chi connectivity index (χ4n) is 3.06. The fourth-order valence-corrected chi connectivity index (χ4v) is 3.25. The van der Waals surface area contributed by atoms with Crippen molar-refractivity contribution in [1.82, 2.24) is 14.9 Å². The van der Waals surface area contributed by atoms with Crippen molar-refractivity contribution in [3.8, 4) is 11.6 Å². The smallest absolute Gasteiger partial charge is 0.256 e. The van der Waals surface area contributed by atoms with Gasteiger partial charge in [-0.05, 0) is 18.2 Å². The Morgan fingerprint density at radius 3 is 3.00 bits per heavy atom. The predicted molar refractivity (Wildman–Crippen MR) is 91.8 cm³/mol. The van der Waals surface area contributed by atoms with Gasteiger partial charge in [0.2, 0.25) is 0 Å². The molecule has 7 heteroatoms. The van der Waals surface area contributed by atoms with E-state index < -0.39 is 5.82 Å². The number of aromatic amines is 1. The molecule has 0 unspecified atom stereocenters. The number of hydrogen-bond donors (Lipinski definition) is 1. The van der Waals surface area contributed by atoms with Gasteiger partial charge < -0.3 is 9.40 Å². The Kier molecular flexibility index (Phi) is 4.15. The van der Waals surface area contributed by atoms with Gasteiger partial charge in [-0.3, -0.25) is 9.69 Å². The summed E-state index contributed by atoms with van der Waals surface area (Å²) in [5.41, 5.74) is 1.71. The molecule has 1 aliphatic rings. The van der Waals surface area contributed by atoms with Gasteiger partial charge in [-0.2, -0.15) is 0 Å². The zero-order valence-electron chi connectivity index (χ0n) is 13.3. The van der Waals surface area contributed by atoms with Gasteiger partial charge in [0.15, 0.2) is 11.6 Å². The van der Waals surface area contributed by atoms with Gasteiger partial charge in [-0.1, -0.05) is 23.7 Å². The molecule has 0 saturated carbocycles. The van der Waals surface area contributed by atoms with Gasteiger partial charge in [-0.15, -0.1) is 0 Å². The average molecular weight is 360 g/mol. The minimum atomic E-state index is -0.407. The van der Waals surface area contributed by atoms with Crippen LogP contribution in [-0.4, -0.2) is 21.4 Å². The third-order valence-electron chi connectivity index (χ3n) is 4.33. The number of hydrogen-bond acceptors (Lipinski definition) is 4. The molecule has 3 aromatic rings. The summed E-state index contributed by atoms with van der Waals surface area (Å²) in [4.78, 5) is 21.7. The first kappa shape index (κ1) is 16.1. The van der Waals surface area contributed by atoms with E-state index in [1.54, 1.807) is 24.3 Å². The number of nitrogens with zero attached hydrogens (tertiary/aromatic N) is 2. The molecule has 2 aromatic heterocycles. The highest BCUT2D eigenvalue weighted by Gasteiger charge is 2.23. The number of nitrogens with one attached hydrogen (secondary N) is 1. The molecule has 1 N–H and O–H groups in total. The van der Waals surface area contributed by atoms with E-state index in [0.29, 0.717) is 48.8 Å². The van der Waals surface area contributed by atoms with Crippen LogP contribution in [0.3, 0.4) is 0 Å². The molecule has 5 nitrogen and oxygen atoms in total. The van der Waals surface area contributed by atoms with Crippen LogP contribution in [-0.2, 0) is 19.5 Å².